The lowest BCUT2D eigenvalue weighted by atomic mass is 10.1. The number of para-hydroxylation sites is 2. The van der Waals surface area contributed by atoms with Crippen LogP contribution in [0.25, 0.3) is 0 Å². The van der Waals surface area contributed by atoms with Crippen molar-refractivity contribution in [2.45, 2.75) is 38.7 Å². The second-order valence-electron chi connectivity index (χ2n) is 5.18. The summed E-state index contributed by atoms with van der Waals surface area (Å²) in [5.74, 6) is 0.679. The molecule has 1 unspecified atom stereocenters. The van der Waals surface area contributed by atoms with Crippen LogP contribution in [-0.2, 0) is 4.74 Å². The van der Waals surface area contributed by atoms with E-state index in [2.05, 4.69) is 10.6 Å². The second-order valence-corrected chi connectivity index (χ2v) is 5.18. The average Bonchev–Trinajstić information content (AvgIpc) is 2.53. The molecule has 1 fully saturated rings. The van der Waals surface area contributed by atoms with Crippen LogP contribution < -0.4 is 15.4 Å². The topological polar surface area (TPSA) is 59.6 Å². The van der Waals surface area contributed by atoms with Crippen molar-refractivity contribution >= 4 is 11.7 Å². The molecule has 2 N–H and O–H groups in total. The number of ether oxygens (including phenoxy) is 2. The molecule has 5 heteroatoms. The van der Waals surface area contributed by atoms with Gasteiger partial charge < -0.3 is 20.1 Å². The second kappa shape index (κ2) is 8.52. The van der Waals surface area contributed by atoms with Crippen molar-refractivity contribution < 1.29 is 14.3 Å². The maximum Gasteiger partial charge on any atom is 0.319 e. The summed E-state index contributed by atoms with van der Waals surface area (Å²) in [6.45, 7) is 4.01. The zero-order chi connectivity index (χ0) is 14.9. The number of urea groups is 1. The summed E-state index contributed by atoms with van der Waals surface area (Å²) in [6.07, 6.45) is 4.41. The Morgan fingerprint density at radius 1 is 1.38 bits per heavy atom. The highest BCUT2D eigenvalue weighted by Gasteiger charge is 2.15. The molecule has 1 heterocycles. The summed E-state index contributed by atoms with van der Waals surface area (Å²) >= 11 is 0. The molecule has 5 nitrogen and oxygen atoms in total. The lowest BCUT2D eigenvalue weighted by molar-refractivity contribution is -0.0109. The number of benzene rings is 1. The van der Waals surface area contributed by atoms with Crippen LogP contribution in [0.15, 0.2) is 24.3 Å². The van der Waals surface area contributed by atoms with Gasteiger partial charge in [-0.25, -0.2) is 4.79 Å². The Kier molecular flexibility index (Phi) is 6.34. The SMILES string of the molecule is CCCNC(=O)Nc1ccccc1OCC1CCCCO1. The van der Waals surface area contributed by atoms with Crippen LogP contribution in [0.5, 0.6) is 5.75 Å². The standard InChI is InChI=1S/C16H24N2O3/c1-2-10-17-16(19)18-14-8-3-4-9-15(14)21-12-13-7-5-6-11-20-13/h3-4,8-9,13H,2,5-7,10-12H2,1H3,(H2,17,18,19). The number of amides is 2. The highest BCUT2D eigenvalue weighted by molar-refractivity contribution is 5.90. The molecular formula is C16H24N2O3. The monoisotopic (exact) mass is 292 g/mol. The first-order chi connectivity index (χ1) is 10.3. The molecule has 2 amide bonds. The highest BCUT2D eigenvalue weighted by atomic mass is 16.5. The molecule has 1 aromatic rings. The molecule has 1 aliphatic rings. The van der Waals surface area contributed by atoms with Gasteiger partial charge in [0.05, 0.1) is 11.8 Å². The maximum atomic E-state index is 11.7. The van der Waals surface area contributed by atoms with Crippen molar-refractivity contribution in [3.63, 3.8) is 0 Å². The summed E-state index contributed by atoms with van der Waals surface area (Å²) in [5, 5.41) is 5.60. The van der Waals surface area contributed by atoms with E-state index in [1.165, 1.54) is 6.42 Å². The molecule has 1 atom stereocenters. The first-order valence-electron chi connectivity index (χ1n) is 7.68. The van der Waals surface area contributed by atoms with E-state index in [4.69, 9.17) is 9.47 Å². The van der Waals surface area contributed by atoms with Gasteiger partial charge in [-0.3, -0.25) is 0 Å². The number of nitrogens with one attached hydrogen (secondary N) is 2. The molecule has 0 saturated carbocycles. The summed E-state index contributed by atoms with van der Waals surface area (Å²) in [4.78, 5) is 11.7. The maximum absolute atomic E-state index is 11.7. The van der Waals surface area contributed by atoms with Gasteiger partial charge in [-0.2, -0.15) is 0 Å². The fourth-order valence-electron chi connectivity index (χ4n) is 2.22. The van der Waals surface area contributed by atoms with Gasteiger partial charge >= 0.3 is 6.03 Å². The van der Waals surface area contributed by atoms with Crippen molar-refractivity contribution in [3.05, 3.63) is 24.3 Å². The molecule has 2 rings (SSSR count). The third kappa shape index (κ3) is 5.27. The molecule has 1 aromatic carbocycles. The summed E-state index contributed by atoms with van der Waals surface area (Å²) in [5.41, 5.74) is 0.682. The van der Waals surface area contributed by atoms with Gasteiger partial charge in [0.15, 0.2) is 0 Å². The molecule has 0 aliphatic carbocycles. The van der Waals surface area contributed by atoms with Gasteiger partial charge in [-0.05, 0) is 37.8 Å². The number of anilines is 1. The smallest absolute Gasteiger partial charge is 0.319 e. The summed E-state index contributed by atoms with van der Waals surface area (Å²) in [7, 11) is 0. The van der Waals surface area contributed by atoms with E-state index in [1.807, 2.05) is 31.2 Å². The van der Waals surface area contributed by atoms with Crippen LogP contribution in [0.4, 0.5) is 10.5 Å². The first-order valence-corrected chi connectivity index (χ1v) is 7.68. The number of carbonyl (C=O) groups is 1. The normalized spacial score (nSPS) is 18.0. The van der Waals surface area contributed by atoms with Gasteiger partial charge in [0.25, 0.3) is 0 Å². The predicted molar refractivity (Wildman–Crippen MR) is 82.8 cm³/mol. The minimum absolute atomic E-state index is 0.153. The van der Waals surface area contributed by atoms with Crippen LogP contribution in [0.1, 0.15) is 32.6 Å². The van der Waals surface area contributed by atoms with Crippen LogP contribution >= 0.6 is 0 Å². The van der Waals surface area contributed by atoms with Crippen LogP contribution in [0.2, 0.25) is 0 Å². The molecule has 0 spiro atoms. The van der Waals surface area contributed by atoms with Gasteiger partial charge in [-0.15, -0.1) is 0 Å². The Balaban J connectivity index is 1.88. The third-order valence-electron chi connectivity index (χ3n) is 3.37. The summed E-state index contributed by atoms with van der Waals surface area (Å²) in [6, 6.07) is 7.26. The van der Waals surface area contributed by atoms with Crippen molar-refractivity contribution in [1.82, 2.24) is 5.32 Å². The predicted octanol–water partition coefficient (Wildman–Crippen LogP) is 3.17. The average molecular weight is 292 g/mol. The molecule has 0 aromatic heterocycles. The van der Waals surface area contributed by atoms with E-state index in [9.17, 15) is 4.79 Å². The first kappa shape index (κ1) is 15.6. The van der Waals surface area contributed by atoms with Crippen LogP contribution in [0, 0.1) is 0 Å². The van der Waals surface area contributed by atoms with E-state index in [1.54, 1.807) is 0 Å². The van der Waals surface area contributed by atoms with E-state index in [0.29, 0.717) is 24.6 Å². The quantitative estimate of drug-likeness (QED) is 0.846. The molecule has 0 radical (unpaired) electrons. The Bertz CT molecular complexity index is 445. The number of carbonyl (C=O) groups excluding carboxylic acids is 1. The Hall–Kier alpha value is -1.75. The zero-order valence-corrected chi connectivity index (χ0v) is 12.6. The molecule has 1 saturated heterocycles. The Morgan fingerprint density at radius 3 is 3.00 bits per heavy atom. The molecule has 116 valence electrons. The van der Waals surface area contributed by atoms with E-state index in [0.717, 1.165) is 25.9 Å². The van der Waals surface area contributed by atoms with Gasteiger partial charge in [-0.1, -0.05) is 19.1 Å². The van der Waals surface area contributed by atoms with Crippen molar-refractivity contribution in [3.8, 4) is 5.75 Å². The minimum Gasteiger partial charge on any atom is -0.489 e. The van der Waals surface area contributed by atoms with Crippen molar-refractivity contribution in [2.24, 2.45) is 0 Å². The van der Waals surface area contributed by atoms with Crippen molar-refractivity contribution in [1.29, 1.82) is 0 Å². The third-order valence-corrected chi connectivity index (χ3v) is 3.37. The lowest BCUT2D eigenvalue weighted by Crippen LogP contribution is -2.30. The molecular weight excluding hydrogens is 268 g/mol. The van der Waals surface area contributed by atoms with E-state index >= 15 is 0 Å². The van der Waals surface area contributed by atoms with Gasteiger partial charge in [0.1, 0.15) is 12.4 Å². The largest absolute Gasteiger partial charge is 0.489 e. The van der Waals surface area contributed by atoms with Gasteiger partial charge in [0.2, 0.25) is 0 Å². The summed E-state index contributed by atoms with van der Waals surface area (Å²) < 4.78 is 11.5. The van der Waals surface area contributed by atoms with E-state index < -0.39 is 0 Å². The number of hydrogen-bond acceptors (Lipinski definition) is 3. The van der Waals surface area contributed by atoms with E-state index in [-0.39, 0.29) is 12.1 Å². The Morgan fingerprint density at radius 2 is 2.24 bits per heavy atom. The number of hydrogen-bond donors (Lipinski definition) is 2. The van der Waals surface area contributed by atoms with Crippen LogP contribution in [-0.4, -0.2) is 31.9 Å². The Labute approximate surface area is 126 Å². The van der Waals surface area contributed by atoms with Gasteiger partial charge in [0, 0.05) is 13.2 Å². The fourth-order valence-corrected chi connectivity index (χ4v) is 2.22. The lowest BCUT2D eigenvalue weighted by Gasteiger charge is -2.23. The molecule has 1 aliphatic heterocycles. The highest BCUT2D eigenvalue weighted by Crippen LogP contribution is 2.24. The molecule has 0 bridgehead atoms. The van der Waals surface area contributed by atoms with Crippen LogP contribution in [0.3, 0.4) is 0 Å². The molecule has 21 heavy (non-hydrogen) atoms. The van der Waals surface area contributed by atoms with Crippen molar-refractivity contribution in [2.75, 3.05) is 25.1 Å². The number of rotatable bonds is 6. The minimum atomic E-state index is -0.207. The zero-order valence-electron chi connectivity index (χ0n) is 12.6. The fraction of sp³-hybridized carbons (Fsp3) is 0.562.